The summed E-state index contributed by atoms with van der Waals surface area (Å²) >= 11 is 0. The Morgan fingerprint density at radius 3 is 2.33 bits per heavy atom. The molecule has 3 atom stereocenters. The number of carbonyl (C=O) groups excluding carboxylic acids is 3. The van der Waals surface area contributed by atoms with E-state index in [1.165, 1.54) is 0 Å². The number of carbonyl (C=O) groups is 3. The third-order valence-electron chi connectivity index (χ3n) is 7.75. The van der Waals surface area contributed by atoms with Crippen molar-refractivity contribution >= 4 is 17.8 Å². The van der Waals surface area contributed by atoms with E-state index in [0.29, 0.717) is 32.3 Å². The molecule has 0 fully saturated rings. The molecule has 1 heterocycles. The number of cyclic esters (lactones) is 1. The summed E-state index contributed by atoms with van der Waals surface area (Å²) in [5.41, 5.74) is 3.03. The molecule has 8 nitrogen and oxygen atoms in total. The van der Waals surface area contributed by atoms with Crippen LogP contribution < -0.4 is 15.4 Å². The second-order valence-electron chi connectivity index (χ2n) is 11.5. The first kappa shape index (κ1) is 33.5. The van der Waals surface area contributed by atoms with E-state index in [9.17, 15) is 19.5 Å². The fourth-order valence-corrected chi connectivity index (χ4v) is 5.25. The lowest BCUT2D eigenvalue weighted by Gasteiger charge is -2.23. The molecule has 8 heteroatoms. The van der Waals surface area contributed by atoms with E-state index >= 15 is 0 Å². The van der Waals surface area contributed by atoms with Crippen LogP contribution in [0.3, 0.4) is 0 Å². The van der Waals surface area contributed by atoms with Gasteiger partial charge in [0.1, 0.15) is 19.0 Å². The van der Waals surface area contributed by atoms with Crippen LogP contribution in [0.25, 0.3) is 0 Å². The van der Waals surface area contributed by atoms with Gasteiger partial charge in [0.25, 0.3) is 0 Å². The topological polar surface area (TPSA) is 114 Å². The van der Waals surface area contributed by atoms with E-state index in [-0.39, 0.29) is 37.4 Å². The summed E-state index contributed by atoms with van der Waals surface area (Å²) in [6.45, 7) is 0.291. The number of esters is 1. The highest BCUT2D eigenvalue weighted by molar-refractivity contribution is 5.86. The monoisotopic (exact) mass is 612 g/mol. The minimum atomic E-state index is -0.618. The van der Waals surface area contributed by atoms with Gasteiger partial charge in [-0.3, -0.25) is 14.4 Å². The van der Waals surface area contributed by atoms with Crippen LogP contribution in [-0.4, -0.2) is 48.2 Å². The number of hydrogen-bond acceptors (Lipinski definition) is 6. The van der Waals surface area contributed by atoms with Crippen LogP contribution in [-0.2, 0) is 38.6 Å². The van der Waals surface area contributed by atoms with Gasteiger partial charge in [-0.2, -0.15) is 0 Å². The van der Waals surface area contributed by atoms with Gasteiger partial charge in [-0.15, -0.1) is 0 Å². The Morgan fingerprint density at radius 2 is 1.62 bits per heavy atom. The highest BCUT2D eigenvalue weighted by atomic mass is 16.5. The molecule has 3 aromatic rings. The normalized spacial score (nSPS) is 18.6. The fourth-order valence-electron chi connectivity index (χ4n) is 5.25. The average molecular weight is 613 g/mol. The lowest BCUT2D eigenvalue weighted by Crippen LogP contribution is -2.45. The molecule has 238 valence electrons. The van der Waals surface area contributed by atoms with E-state index in [2.05, 4.69) is 10.6 Å². The van der Waals surface area contributed by atoms with Gasteiger partial charge in [0.15, 0.2) is 0 Å². The number of aliphatic hydroxyl groups excluding tert-OH is 1. The standard InChI is InChI=1S/C37H44N2O6/c40-25-32(22-28-12-6-4-7-13-28)38-35(41)24-31-16-10-2-1-3-11-17-36(42)45-27-33(39-37(31)43)23-29-18-20-34(21-19-29)44-26-30-14-8-5-9-15-30/h2,4-10,12-15,18-21,31-33,40H,1,3,11,16-17,22-27H2,(H,38,41)(H,39,43)/t31-,32-,33+/m1/s1. The van der Waals surface area contributed by atoms with Crippen molar-refractivity contribution in [3.63, 3.8) is 0 Å². The van der Waals surface area contributed by atoms with Crippen LogP contribution in [0.1, 0.15) is 55.2 Å². The number of nitrogens with one attached hydrogen (secondary N) is 2. The summed E-state index contributed by atoms with van der Waals surface area (Å²) in [4.78, 5) is 39.1. The van der Waals surface area contributed by atoms with Crippen LogP contribution in [0.5, 0.6) is 5.75 Å². The molecule has 3 aromatic carbocycles. The van der Waals surface area contributed by atoms with E-state index in [1.807, 2.05) is 97.1 Å². The van der Waals surface area contributed by atoms with E-state index < -0.39 is 18.0 Å². The predicted octanol–water partition coefficient (Wildman–Crippen LogP) is 5.08. The molecular formula is C37H44N2O6. The summed E-state index contributed by atoms with van der Waals surface area (Å²) < 4.78 is 11.5. The first-order valence-electron chi connectivity index (χ1n) is 15.8. The second-order valence-corrected chi connectivity index (χ2v) is 11.5. The number of hydrogen-bond donors (Lipinski definition) is 3. The Morgan fingerprint density at radius 1 is 0.911 bits per heavy atom. The largest absolute Gasteiger partial charge is 0.489 e. The van der Waals surface area contributed by atoms with Gasteiger partial charge in [0, 0.05) is 12.8 Å². The van der Waals surface area contributed by atoms with Crippen molar-refractivity contribution < 1.29 is 29.0 Å². The van der Waals surface area contributed by atoms with Crippen molar-refractivity contribution in [1.29, 1.82) is 0 Å². The number of rotatable bonds is 11. The zero-order valence-corrected chi connectivity index (χ0v) is 25.7. The van der Waals surface area contributed by atoms with Crippen LogP contribution in [0, 0.1) is 5.92 Å². The van der Waals surface area contributed by atoms with Crippen LogP contribution in [0.4, 0.5) is 0 Å². The van der Waals surface area contributed by atoms with Crippen molar-refractivity contribution in [3.8, 4) is 5.75 Å². The van der Waals surface area contributed by atoms with Gasteiger partial charge in [-0.05, 0) is 67.3 Å². The van der Waals surface area contributed by atoms with Gasteiger partial charge in [0.2, 0.25) is 11.8 Å². The Kier molecular flexibility index (Phi) is 13.7. The first-order chi connectivity index (χ1) is 22.0. The highest BCUT2D eigenvalue weighted by Crippen LogP contribution is 2.18. The third-order valence-corrected chi connectivity index (χ3v) is 7.75. The summed E-state index contributed by atoms with van der Waals surface area (Å²) in [6, 6.07) is 26.3. The molecular weight excluding hydrogens is 568 g/mol. The Labute approximate surface area is 265 Å². The molecule has 0 radical (unpaired) electrons. The smallest absolute Gasteiger partial charge is 0.305 e. The summed E-state index contributed by atoms with van der Waals surface area (Å²) in [7, 11) is 0. The average Bonchev–Trinajstić information content (AvgIpc) is 3.06. The van der Waals surface area contributed by atoms with Crippen molar-refractivity contribution in [2.75, 3.05) is 13.2 Å². The molecule has 0 saturated heterocycles. The minimum absolute atomic E-state index is 0.0264. The zero-order valence-electron chi connectivity index (χ0n) is 25.7. The SMILES string of the molecule is O=C(C[C@H]1CC=CCCCCC(=O)OC[C@H](Cc2ccc(OCc3ccccc3)cc2)NC1=O)N[C@@H](CO)Cc1ccccc1. The molecule has 1 aliphatic rings. The molecule has 0 unspecified atom stereocenters. The number of amides is 2. The van der Waals surface area contributed by atoms with E-state index in [1.54, 1.807) is 0 Å². The number of benzene rings is 3. The quantitative estimate of drug-likeness (QED) is 0.206. The van der Waals surface area contributed by atoms with E-state index in [0.717, 1.165) is 41.7 Å². The first-order valence-corrected chi connectivity index (χ1v) is 15.8. The summed E-state index contributed by atoms with van der Waals surface area (Å²) in [5, 5.41) is 15.8. The van der Waals surface area contributed by atoms with E-state index in [4.69, 9.17) is 9.47 Å². The fraction of sp³-hybridized carbons (Fsp3) is 0.378. The number of aliphatic hydroxyl groups is 1. The molecule has 0 saturated carbocycles. The van der Waals surface area contributed by atoms with Gasteiger partial charge in [-0.25, -0.2) is 0 Å². The van der Waals surface area contributed by atoms with Crippen molar-refractivity contribution in [3.05, 3.63) is 114 Å². The molecule has 4 rings (SSSR count). The number of allylic oxidation sites excluding steroid dienone is 2. The lowest BCUT2D eigenvalue weighted by molar-refractivity contribution is -0.145. The van der Waals surface area contributed by atoms with Gasteiger partial charge in [0.05, 0.1) is 24.6 Å². The van der Waals surface area contributed by atoms with Crippen LogP contribution in [0.2, 0.25) is 0 Å². The van der Waals surface area contributed by atoms with Gasteiger partial charge >= 0.3 is 5.97 Å². The lowest BCUT2D eigenvalue weighted by atomic mass is 9.97. The predicted molar refractivity (Wildman–Crippen MR) is 173 cm³/mol. The Balaban J connectivity index is 1.40. The zero-order chi connectivity index (χ0) is 31.7. The molecule has 1 aliphatic heterocycles. The van der Waals surface area contributed by atoms with Gasteiger partial charge < -0.3 is 25.2 Å². The Hall–Kier alpha value is -4.43. The van der Waals surface area contributed by atoms with Crippen LogP contribution in [0.15, 0.2) is 97.1 Å². The Bertz CT molecular complexity index is 1360. The molecule has 2 amide bonds. The maximum absolute atomic E-state index is 13.6. The summed E-state index contributed by atoms with van der Waals surface area (Å²) in [6.07, 6.45) is 7.93. The molecule has 0 bridgehead atoms. The second kappa shape index (κ2) is 18.4. The van der Waals surface area contributed by atoms with Crippen molar-refractivity contribution in [1.82, 2.24) is 10.6 Å². The number of ether oxygens (including phenoxy) is 2. The van der Waals surface area contributed by atoms with Crippen LogP contribution >= 0.6 is 0 Å². The van der Waals surface area contributed by atoms with Crippen molar-refractivity contribution in [2.45, 2.75) is 70.1 Å². The molecule has 45 heavy (non-hydrogen) atoms. The maximum Gasteiger partial charge on any atom is 0.305 e. The molecule has 0 spiro atoms. The molecule has 0 aromatic heterocycles. The molecule has 0 aliphatic carbocycles. The highest BCUT2D eigenvalue weighted by Gasteiger charge is 2.25. The van der Waals surface area contributed by atoms with Crippen molar-refractivity contribution in [2.24, 2.45) is 5.92 Å². The van der Waals surface area contributed by atoms with Gasteiger partial charge in [-0.1, -0.05) is 84.9 Å². The minimum Gasteiger partial charge on any atom is -0.489 e. The molecule has 3 N–H and O–H groups in total. The third kappa shape index (κ3) is 12.2. The summed E-state index contributed by atoms with van der Waals surface area (Å²) in [5.74, 6) is -0.750. The maximum atomic E-state index is 13.6.